The third-order valence-corrected chi connectivity index (χ3v) is 3.17. The number of nitro benzene ring substituents is 1. The van der Waals surface area contributed by atoms with E-state index < -0.39 is 22.2 Å². The number of nitrogens with zero attached hydrogens (tertiary/aromatic N) is 1. The van der Waals surface area contributed by atoms with Gasteiger partial charge in [0.2, 0.25) is 5.91 Å². The molecule has 0 saturated heterocycles. The molecule has 0 heterocycles. The normalized spacial score (nSPS) is 10.9. The Bertz CT molecular complexity index is 572. The summed E-state index contributed by atoms with van der Waals surface area (Å²) in [6.45, 7) is 3.15. The lowest BCUT2D eigenvalue weighted by Crippen LogP contribution is -2.42. The van der Waals surface area contributed by atoms with Crippen LogP contribution in [0.1, 0.15) is 24.2 Å². The maximum Gasteiger partial charge on any atom is 0.288 e. The first-order chi connectivity index (χ1) is 9.16. The predicted octanol–water partition coefficient (Wildman–Crippen LogP) is 1.49. The first-order valence-corrected chi connectivity index (χ1v) is 6.05. The molecule has 0 radical (unpaired) electrons. The van der Waals surface area contributed by atoms with Gasteiger partial charge in [-0.3, -0.25) is 19.7 Å². The number of carbonyl (C=O) groups excluding carboxylic acids is 2. The van der Waals surface area contributed by atoms with Gasteiger partial charge in [-0.1, -0.05) is 17.7 Å². The zero-order valence-corrected chi connectivity index (χ0v) is 11.7. The van der Waals surface area contributed by atoms with Gasteiger partial charge >= 0.3 is 0 Å². The number of hydrogen-bond donors (Lipinski definition) is 2. The molecule has 1 aromatic carbocycles. The van der Waals surface area contributed by atoms with Gasteiger partial charge in [0.15, 0.2) is 0 Å². The van der Waals surface area contributed by atoms with Crippen molar-refractivity contribution in [1.82, 2.24) is 5.32 Å². The van der Waals surface area contributed by atoms with E-state index in [4.69, 9.17) is 17.3 Å². The molecule has 7 nitrogen and oxygen atoms in total. The average molecular weight is 300 g/mol. The van der Waals surface area contributed by atoms with Crippen LogP contribution in [0.5, 0.6) is 0 Å². The van der Waals surface area contributed by atoms with Crippen molar-refractivity contribution >= 4 is 29.1 Å². The summed E-state index contributed by atoms with van der Waals surface area (Å²) >= 11 is 5.82. The number of carbonyl (C=O) groups is 2. The van der Waals surface area contributed by atoms with E-state index in [0.717, 1.165) is 0 Å². The quantitative estimate of drug-likeness (QED) is 0.633. The molecule has 8 heteroatoms. The van der Waals surface area contributed by atoms with Crippen molar-refractivity contribution in [1.29, 1.82) is 0 Å². The van der Waals surface area contributed by atoms with Crippen LogP contribution in [-0.4, -0.2) is 23.3 Å². The summed E-state index contributed by atoms with van der Waals surface area (Å²) in [7, 11) is 0. The second-order valence-corrected chi connectivity index (χ2v) is 5.20. The summed E-state index contributed by atoms with van der Waals surface area (Å²) in [5, 5.41) is 13.0. The summed E-state index contributed by atoms with van der Waals surface area (Å²) < 4.78 is 0. The lowest BCUT2D eigenvalue weighted by atomic mass is 9.92. The van der Waals surface area contributed by atoms with Gasteiger partial charge in [0.25, 0.3) is 11.6 Å². The molecular formula is C12H14ClN3O4. The van der Waals surface area contributed by atoms with E-state index in [9.17, 15) is 19.7 Å². The summed E-state index contributed by atoms with van der Waals surface area (Å²) in [6, 6.07) is 3.92. The Morgan fingerprint density at radius 2 is 2.05 bits per heavy atom. The fourth-order valence-electron chi connectivity index (χ4n) is 1.32. The van der Waals surface area contributed by atoms with Gasteiger partial charge in [0.05, 0.1) is 15.9 Å². The molecule has 0 atom stereocenters. The van der Waals surface area contributed by atoms with E-state index >= 15 is 0 Å². The predicted molar refractivity (Wildman–Crippen MR) is 73.4 cm³/mol. The second-order valence-electron chi connectivity index (χ2n) is 4.83. The molecule has 0 unspecified atom stereocenters. The Kier molecular flexibility index (Phi) is 4.67. The molecule has 20 heavy (non-hydrogen) atoms. The Balaban J connectivity index is 2.92. The van der Waals surface area contributed by atoms with Gasteiger partial charge in [-0.2, -0.15) is 0 Å². The molecular weight excluding hydrogens is 286 g/mol. The highest BCUT2D eigenvalue weighted by Crippen LogP contribution is 2.27. The van der Waals surface area contributed by atoms with E-state index in [1.54, 1.807) is 13.8 Å². The van der Waals surface area contributed by atoms with Crippen molar-refractivity contribution in [2.75, 3.05) is 6.54 Å². The Morgan fingerprint density at radius 1 is 1.45 bits per heavy atom. The second kappa shape index (κ2) is 5.87. The van der Waals surface area contributed by atoms with Crippen molar-refractivity contribution < 1.29 is 14.5 Å². The number of rotatable bonds is 5. The Morgan fingerprint density at radius 3 is 2.55 bits per heavy atom. The number of nitrogens with one attached hydrogen (secondary N) is 1. The third-order valence-electron chi connectivity index (χ3n) is 2.78. The van der Waals surface area contributed by atoms with Gasteiger partial charge in [0, 0.05) is 12.6 Å². The molecule has 0 bridgehead atoms. The van der Waals surface area contributed by atoms with Gasteiger partial charge < -0.3 is 11.1 Å². The van der Waals surface area contributed by atoms with Crippen LogP contribution in [0.2, 0.25) is 5.02 Å². The Hall–Kier alpha value is -2.15. The molecule has 1 aromatic rings. The van der Waals surface area contributed by atoms with Crippen LogP contribution in [0, 0.1) is 15.5 Å². The number of amides is 2. The zero-order chi connectivity index (χ0) is 15.5. The van der Waals surface area contributed by atoms with Crippen molar-refractivity contribution in [3.63, 3.8) is 0 Å². The highest BCUT2D eigenvalue weighted by atomic mass is 35.5. The molecule has 1 rings (SSSR count). The minimum absolute atomic E-state index is 0.000186. The molecule has 0 saturated carbocycles. The summed E-state index contributed by atoms with van der Waals surface area (Å²) in [6.07, 6.45) is 0. The number of nitro groups is 1. The van der Waals surface area contributed by atoms with Crippen LogP contribution in [0.4, 0.5) is 5.69 Å². The largest absolute Gasteiger partial charge is 0.369 e. The smallest absolute Gasteiger partial charge is 0.288 e. The number of primary amides is 1. The van der Waals surface area contributed by atoms with E-state index in [0.29, 0.717) is 0 Å². The minimum atomic E-state index is -0.928. The maximum atomic E-state index is 11.9. The number of benzene rings is 1. The molecule has 0 aliphatic rings. The SMILES string of the molecule is CC(C)(CNC(=O)c1cccc([N+](=O)[O-])c1Cl)C(N)=O. The minimum Gasteiger partial charge on any atom is -0.369 e. The van der Waals surface area contributed by atoms with E-state index in [1.165, 1.54) is 18.2 Å². The summed E-state index contributed by atoms with van der Waals surface area (Å²) in [5.41, 5.74) is 3.88. The molecule has 3 N–H and O–H groups in total. The van der Waals surface area contributed by atoms with Gasteiger partial charge in [0.1, 0.15) is 5.02 Å². The standard InChI is InChI=1S/C12H14ClN3O4/c1-12(2,11(14)18)6-15-10(17)7-4-3-5-8(9(7)13)16(19)20/h3-5H,6H2,1-2H3,(H2,14,18)(H,15,17). The average Bonchev–Trinajstić information content (AvgIpc) is 2.35. The number of halogens is 1. The van der Waals surface area contributed by atoms with Crippen molar-refractivity contribution in [3.05, 3.63) is 38.9 Å². The molecule has 0 aliphatic carbocycles. The fraction of sp³-hybridized carbons (Fsp3) is 0.333. The topological polar surface area (TPSA) is 115 Å². The molecule has 0 spiro atoms. The molecule has 0 aliphatic heterocycles. The van der Waals surface area contributed by atoms with Crippen LogP contribution in [-0.2, 0) is 4.79 Å². The maximum absolute atomic E-state index is 11.9. The number of nitrogens with two attached hydrogens (primary N) is 1. The van der Waals surface area contributed by atoms with E-state index in [-0.39, 0.29) is 22.8 Å². The lowest BCUT2D eigenvalue weighted by molar-refractivity contribution is -0.384. The molecule has 2 amide bonds. The highest BCUT2D eigenvalue weighted by Gasteiger charge is 2.27. The summed E-state index contributed by atoms with van der Waals surface area (Å²) in [5.74, 6) is -1.17. The fourth-order valence-corrected chi connectivity index (χ4v) is 1.60. The van der Waals surface area contributed by atoms with Crippen LogP contribution >= 0.6 is 11.6 Å². The van der Waals surface area contributed by atoms with Gasteiger partial charge in [-0.15, -0.1) is 0 Å². The van der Waals surface area contributed by atoms with Crippen LogP contribution in [0.25, 0.3) is 0 Å². The monoisotopic (exact) mass is 299 g/mol. The third kappa shape index (κ3) is 3.45. The molecule has 108 valence electrons. The van der Waals surface area contributed by atoms with E-state index in [2.05, 4.69) is 5.32 Å². The highest BCUT2D eigenvalue weighted by molar-refractivity contribution is 6.35. The van der Waals surface area contributed by atoms with Crippen molar-refractivity contribution in [2.45, 2.75) is 13.8 Å². The molecule has 0 fully saturated rings. The van der Waals surface area contributed by atoms with Gasteiger partial charge in [-0.05, 0) is 19.9 Å². The summed E-state index contributed by atoms with van der Waals surface area (Å²) in [4.78, 5) is 33.1. The van der Waals surface area contributed by atoms with E-state index in [1.807, 2.05) is 0 Å². The Labute approximate surface area is 120 Å². The zero-order valence-electron chi connectivity index (χ0n) is 11.0. The lowest BCUT2D eigenvalue weighted by Gasteiger charge is -2.20. The van der Waals surface area contributed by atoms with Crippen molar-refractivity contribution in [3.8, 4) is 0 Å². The first kappa shape index (κ1) is 15.9. The number of hydrogen-bond acceptors (Lipinski definition) is 4. The van der Waals surface area contributed by atoms with Gasteiger partial charge in [-0.25, -0.2) is 0 Å². The van der Waals surface area contributed by atoms with Crippen molar-refractivity contribution in [2.24, 2.45) is 11.1 Å². The molecule has 0 aromatic heterocycles. The van der Waals surface area contributed by atoms with Crippen LogP contribution < -0.4 is 11.1 Å². The first-order valence-electron chi connectivity index (χ1n) is 5.68. The van der Waals surface area contributed by atoms with Crippen LogP contribution in [0.3, 0.4) is 0 Å². The van der Waals surface area contributed by atoms with Crippen LogP contribution in [0.15, 0.2) is 18.2 Å².